The van der Waals surface area contributed by atoms with Crippen molar-refractivity contribution in [2.75, 3.05) is 5.43 Å². The third kappa shape index (κ3) is 2.93. The topological polar surface area (TPSA) is 24.4 Å². The van der Waals surface area contributed by atoms with E-state index in [2.05, 4.69) is 10.5 Å². The zero-order valence-corrected chi connectivity index (χ0v) is 7.89. The molecule has 0 aliphatic rings. The van der Waals surface area contributed by atoms with Gasteiger partial charge in [0.05, 0.1) is 5.69 Å². The van der Waals surface area contributed by atoms with E-state index in [4.69, 9.17) is 11.6 Å². The Kier molecular flexibility index (Phi) is 3.11. The Morgan fingerprint density at radius 2 is 1.83 bits per heavy atom. The van der Waals surface area contributed by atoms with Crippen LogP contribution in [0, 0.1) is 0 Å². The van der Waals surface area contributed by atoms with Crippen LogP contribution in [0.1, 0.15) is 13.8 Å². The first kappa shape index (κ1) is 9.07. The molecule has 0 atom stereocenters. The van der Waals surface area contributed by atoms with E-state index in [9.17, 15) is 0 Å². The van der Waals surface area contributed by atoms with Crippen molar-refractivity contribution >= 4 is 23.0 Å². The molecular formula is C9H11ClN2. The summed E-state index contributed by atoms with van der Waals surface area (Å²) in [6, 6.07) is 7.42. The molecule has 0 radical (unpaired) electrons. The van der Waals surface area contributed by atoms with E-state index in [1.54, 1.807) is 0 Å². The van der Waals surface area contributed by atoms with Crippen molar-refractivity contribution in [3.8, 4) is 0 Å². The minimum atomic E-state index is 0.734. The molecule has 0 heterocycles. The number of rotatable bonds is 2. The largest absolute Gasteiger partial charge is 0.279 e. The van der Waals surface area contributed by atoms with Crippen molar-refractivity contribution in [1.29, 1.82) is 0 Å². The van der Waals surface area contributed by atoms with Crippen LogP contribution in [0.3, 0.4) is 0 Å². The van der Waals surface area contributed by atoms with Gasteiger partial charge in [-0.3, -0.25) is 5.43 Å². The Balaban J connectivity index is 2.65. The third-order valence-electron chi connectivity index (χ3n) is 1.25. The van der Waals surface area contributed by atoms with Crippen LogP contribution in [-0.2, 0) is 0 Å². The molecule has 2 nitrogen and oxygen atoms in total. The van der Waals surface area contributed by atoms with Crippen molar-refractivity contribution in [3.05, 3.63) is 29.3 Å². The third-order valence-corrected chi connectivity index (χ3v) is 1.50. The lowest BCUT2D eigenvalue weighted by Gasteiger charge is -1.99. The lowest BCUT2D eigenvalue weighted by atomic mass is 10.3. The van der Waals surface area contributed by atoms with Crippen LogP contribution in [-0.4, -0.2) is 5.71 Å². The molecule has 0 aliphatic carbocycles. The molecule has 64 valence electrons. The molecule has 0 aromatic heterocycles. The first-order valence-corrected chi connectivity index (χ1v) is 4.09. The van der Waals surface area contributed by atoms with Crippen LogP contribution >= 0.6 is 11.6 Å². The fourth-order valence-electron chi connectivity index (χ4n) is 0.701. The lowest BCUT2D eigenvalue weighted by molar-refractivity contribution is 1.32. The van der Waals surface area contributed by atoms with Gasteiger partial charge in [0, 0.05) is 10.7 Å². The average molecular weight is 183 g/mol. The van der Waals surface area contributed by atoms with Gasteiger partial charge in [-0.05, 0) is 38.1 Å². The smallest absolute Gasteiger partial charge is 0.0562 e. The van der Waals surface area contributed by atoms with Crippen LogP contribution in [0.2, 0.25) is 5.02 Å². The van der Waals surface area contributed by atoms with Crippen LogP contribution in [0.4, 0.5) is 5.69 Å². The molecule has 0 amide bonds. The zero-order valence-electron chi connectivity index (χ0n) is 7.13. The van der Waals surface area contributed by atoms with Gasteiger partial charge in [-0.15, -0.1) is 0 Å². The molecular weight excluding hydrogens is 172 g/mol. The molecule has 0 saturated carbocycles. The summed E-state index contributed by atoms with van der Waals surface area (Å²) in [7, 11) is 0. The molecule has 0 spiro atoms. The molecule has 0 fully saturated rings. The molecule has 0 aliphatic heterocycles. The maximum Gasteiger partial charge on any atom is 0.0562 e. The zero-order chi connectivity index (χ0) is 8.97. The van der Waals surface area contributed by atoms with E-state index in [0.29, 0.717) is 0 Å². The first-order valence-electron chi connectivity index (χ1n) is 3.71. The predicted octanol–water partition coefficient (Wildman–Crippen LogP) is 3.15. The number of halogens is 1. The summed E-state index contributed by atoms with van der Waals surface area (Å²) in [5.74, 6) is 0. The second kappa shape index (κ2) is 4.12. The quantitative estimate of drug-likeness (QED) is 0.552. The summed E-state index contributed by atoms with van der Waals surface area (Å²) < 4.78 is 0. The highest BCUT2D eigenvalue weighted by atomic mass is 35.5. The van der Waals surface area contributed by atoms with Crippen molar-refractivity contribution in [2.24, 2.45) is 5.10 Å². The van der Waals surface area contributed by atoms with E-state index < -0.39 is 0 Å². The SMILES string of the molecule is CC(C)=NNc1ccc(Cl)cc1. The number of hydrogen-bond acceptors (Lipinski definition) is 2. The molecule has 1 rings (SSSR count). The van der Waals surface area contributed by atoms with Crippen molar-refractivity contribution in [2.45, 2.75) is 13.8 Å². The highest BCUT2D eigenvalue weighted by Gasteiger charge is 1.88. The van der Waals surface area contributed by atoms with Gasteiger partial charge in [-0.25, -0.2) is 0 Å². The first-order chi connectivity index (χ1) is 5.68. The van der Waals surface area contributed by atoms with Gasteiger partial charge in [0.1, 0.15) is 0 Å². The standard InChI is InChI=1S/C9H11ClN2/c1-7(2)11-12-9-5-3-8(10)4-6-9/h3-6,12H,1-2H3. The second-order valence-electron chi connectivity index (χ2n) is 2.68. The number of hydrazone groups is 1. The molecule has 0 unspecified atom stereocenters. The molecule has 12 heavy (non-hydrogen) atoms. The Morgan fingerprint density at radius 1 is 1.25 bits per heavy atom. The number of anilines is 1. The molecule has 3 heteroatoms. The molecule has 1 aromatic rings. The predicted molar refractivity (Wildman–Crippen MR) is 53.9 cm³/mol. The van der Waals surface area contributed by atoms with Crippen LogP contribution < -0.4 is 5.43 Å². The minimum absolute atomic E-state index is 0.734. The van der Waals surface area contributed by atoms with Gasteiger partial charge < -0.3 is 0 Å². The van der Waals surface area contributed by atoms with Crippen LogP contribution in [0.15, 0.2) is 29.4 Å². The normalized spacial score (nSPS) is 9.25. The fourth-order valence-corrected chi connectivity index (χ4v) is 0.827. The summed E-state index contributed by atoms with van der Waals surface area (Å²) in [4.78, 5) is 0. The van der Waals surface area contributed by atoms with Gasteiger partial charge in [0.25, 0.3) is 0 Å². The molecule has 0 bridgehead atoms. The summed E-state index contributed by atoms with van der Waals surface area (Å²) in [5, 5.41) is 4.78. The fraction of sp³-hybridized carbons (Fsp3) is 0.222. The Hall–Kier alpha value is -1.02. The summed E-state index contributed by atoms with van der Waals surface area (Å²) in [6.45, 7) is 3.87. The lowest BCUT2D eigenvalue weighted by Crippen LogP contribution is -1.91. The monoisotopic (exact) mass is 182 g/mol. The maximum absolute atomic E-state index is 5.71. The van der Waals surface area contributed by atoms with Crippen molar-refractivity contribution < 1.29 is 0 Å². The average Bonchev–Trinajstić information content (AvgIpc) is 2.03. The van der Waals surface area contributed by atoms with E-state index in [1.807, 2.05) is 38.1 Å². The van der Waals surface area contributed by atoms with Crippen molar-refractivity contribution in [1.82, 2.24) is 0 Å². The Labute approximate surface area is 77.2 Å². The number of nitrogens with zero attached hydrogens (tertiary/aromatic N) is 1. The van der Waals surface area contributed by atoms with E-state index in [1.165, 1.54) is 0 Å². The maximum atomic E-state index is 5.71. The summed E-state index contributed by atoms with van der Waals surface area (Å²) in [5.41, 5.74) is 4.84. The summed E-state index contributed by atoms with van der Waals surface area (Å²) in [6.07, 6.45) is 0. The van der Waals surface area contributed by atoms with Gasteiger partial charge in [-0.1, -0.05) is 11.6 Å². The number of benzene rings is 1. The number of hydrogen-bond donors (Lipinski definition) is 1. The van der Waals surface area contributed by atoms with Gasteiger partial charge in [0.15, 0.2) is 0 Å². The van der Waals surface area contributed by atoms with Crippen molar-refractivity contribution in [3.63, 3.8) is 0 Å². The minimum Gasteiger partial charge on any atom is -0.279 e. The molecule has 1 N–H and O–H groups in total. The number of nitrogens with one attached hydrogen (secondary N) is 1. The van der Waals surface area contributed by atoms with E-state index >= 15 is 0 Å². The Morgan fingerprint density at radius 3 is 2.33 bits per heavy atom. The molecule has 0 saturated heterocycles. The highest BCUT2D eigenvalue weighted by Crippen LogP contribution is 2.12. The van der Waals surface area contributed by atoms with Gasteiger partial charge in [0.2, 0.25) is 0 Å². The van der Waals surface area contributed by atoms with Gasteiger partial charge in [-0.2, -0.15) is 5.10 Å². The van der Waals surface area contributed by atoms with Gasteiger partial charge >= 0.3 is 0 Å². The summed E-state index contributed by atoms with van der Waals surface area (Å²) >= 11 is 5.71. The van der Waals surface area contributed by atoms with Crippen LogP contribution in [0.5, 0.6) is 0 Å². The second-order valence-corrected chi connectivity index (χ2v) is 3.11. The molecule has 1 aromatic carbocycles. The van der Waals surface area contributed by atoms with E-state index in [0.717, 1.165) is 16.4 Å². The van der Waals surface area contributed by atoms with E-state index in [-0.39, 0.29) is 0 Å². The van der Waals surface area contributed by atoms with Crippen LogP contribution in [0.25, 0.3) is 0 Å². The Bertz CT molecular complexity index is 273. The highest BCUT2D eigenvalue weighted by molar-refractivity contribution is 6.30.